The number of benzene rings is 1. The molecule has 4 nitrogen and oxygen atoms in total. The molecule has 1 aromatic carbocycles. The normalized spacial score (nSPS) is 24.9. The van der Waals surface area contributed by atoms with Crippen molar-refractivity contribution < 1.29 is 9.90 Å². The molecule has 108 valence electrons. The third-order valence-electron chi connectivity index (χ3n) is 4.45. The van der Waals surface area contributed by atoms with Crippen LogP contribution in [0, 0.1) is 5.92 Å². The minimum atomic E-state index is -0.247. The first kappa shape index (κ1) is 13.4. The molecule has 0 radical (unpaired) electrons. The smallest absolute Gasteiger partial charge is 0.251 e. The zero-order chi connectivity index (χ0) is 13.9. The number of nitrogens with one attached hydrogen (secondary N) is 2. The Morgan fingerprint density at radius 3 is 3.05 bits per heavy atom. The highest BCUT2D eigenvalue weighted by Crippen LogP contribution is 2.25. The Balaban J connectivity index is 1.62. The second-order valence-corrected chi connectivity index (χ2v) is 5.87. The molecule has 1 fully saturated rings. The highest BCUT2D eigenvalue weighted by molar-refractivity contribution is 5.95. The van der Waals surface area contributed by atoms with Crippen LogP contribution < -0.4 is 10.6 Å². The molecule has 2 unspecified atom stereocenters. The van der Waals surface area contributed by atoms with Crippen molar-refractivity contribution >= 4 is 11.6 Å². The number of amides is 1. The summed E-state index contributed by atoms with van der Waals surface area (Å²) in [4.78, 5) is 12.2. The lowest BCUT2D eigenvalue weighted by Crippen LogP contribution is -2.32. The Labute approximate surface area is 119 Å². The van der Waals surface area contributed by atoms with E-state index in [-0.39, 0.29) is 17.9 Å². The van der Waals surface area contributed by atoms with Gasteiger partial charge in [0.1, 0.15) is 0 Å². The lowest BCUT2D eigenvalue weighted by molar-refractivity contribution is 0.0916. The fraction of sp³-hybridized carbons (Fsp3) is 0.562. The van der Waals surface area contributed by atoms with E-state index in [1.807, 2.05) is 18.2 Å². The number of anilines is 1. The molecule has 0 aromatic heterocycles. The summed E-state index contributed by atoms with van der Waals surface area (Å²) in [6, 6.07) is 5.85. The molecular weight excluding hydrogens is 252 g/mol. The average molecular weight is 274 g/mol. The predicted molar refractivity (Wildman–Crippen MR) is 78.9 cm³/mol. The van der Waals surface area contributed by atoms with Crippen molar-refractivity contribution in [3.05, 3.63) is 29.3 Å². The van der Waals surface area contributed by atoms with Crippen molar-refractivity contribution in [1.82, 2.24) is 5.32 Å². The van der Waals surface area contributed by atoms with E-state index < -0.39 is 0 Å². The number of rotatable bonds is 3. The molecule has 3 N–H and O–H groups in total. The van der Waals surface area contributed by atoms with Gasteiger partial charge in [0, 0.05) is 30.3 Å². The molecule has 1 amide bonds. The largest absolute Gasteiger partial charge is 0.393 e. The molecule has 2 aliphatic rings. The van der Waals surface area contributed by atoms with Crippen LogP contribution in [0.15, 0.2) is 18.2 Å². The van der Waals surface area contributed by atoms with E-state index in [0.29, 0.717) is 6.54 Å². The molecule has 1 aliphatic heterocycles. The van der Waals surface area contributed by atoms with E-state index in [4.69, 9.17) is 0 Å². The first-order chi connectivity index (χ1) is 9.74. The second kappa shape index (κ2) is 5.83. The first-order valence-corrected chi connectivity index (χ1v) is 7.57. The van der Waals surface area contributed by atoms with E-state index in [1.54, 1.807) is 0 Å². The third-order valence-corrected chi connectivity index (χ3v) is 4.45. The maximum Gasteiger partial charge on any atom is 0.251 e. The van der Waals surface area contributed by atoms with Gasteiger partial charge in [0.25, 0.3) is 5.91 Å². The van der Waals surface area contributed by atoms with Gasteiger partial charge >= 0.3 is 0 Å². The molecule has 1 aromatic rings. The van der Waals surface area contributed by atoms with Crippen LogP contribution in [0.1, 0.15) is 41.6 Å². The highest BCUT2D eigenvalue weighted by atomic mass is 16.3. The molecule has 4 heteroatoms. The topological polar surface area (TPSA) is 61.4 Å². The number of carbonyl (C=O) groups excluding carboxylic acids is 1. The summed E-state index contributed by atoms with van der Waals surface area (Å²) in [6.07, 6.45) is 4.84. The molecule has 20 heavy (non-hydrogen) atoms. The van der Waals surface area contributed by atoms with Gasteiger partial charge in [-0.1, -0.05) is 6.42 Å². The van der Waals surface area contributed by atoms with Crippen molar-refractivity contribution in [2.75, 3.05) is 18.4 Å². The van der Waals surface area contributed by atoms with Crippen molar-refractivity contribution in [1.29, 1.82) is 0 Å². The lowest BCUT2D eigenvalue weighted by Gasteiger charge is -2.19. The van der Waals surface area contributed by atoms with Gasteiger partial charge in [-0.05, 0) is 49.4 Å². The molecule has 0 spiro atoms. The van der Waals surface area contributed by atoms with Crippen molar-refractivity contribution in [2.24, 2.45) is 5.92 Å². The van der Waals surface area contributed by atoms with Gasteiger partial charge in [-0.25, -0.2) is 0 Å². The van der Waals surface area contributed by atoms with Crippen LogP contribution in [0.25, 0.3) is 0 Å². The number of hydrogen-bond acceptors (Lipinski definition) is 3. The molecular formula is C16H22N2O2. The molecule has 0 saturated heterocycles. The van der Waals surface area contributed by atoms with Gasteiger partial charge < -0.3 is 15.7 Å². The number of carbonyl (C=O) groups is 1. The zero-order valence-electron chi connectivity index (χ0n) is 11.7. The quantitative estimate of drug-likeness (QED) is 0.789. The fourth-order valence-electron chi connectivity index (χ4n) is 3.20. The number of aryl methyl sites for hydroxylation is 1. The highest BCUT2D eigenvalue weighted by Gasteiger charge is 2.25. The number of hydrogen-bond donors (Lipinski definition) is 3. The molecule has 0 bridgehead atoms. The maximum atomic E-state index is 12.2. The van der Waals surface area contributed by atoms with Crippen molar-refractivity contribution in [2.45, 2.75) is 38.2 Å². The van der Waals surface area contributed by atoms with Crippen LogP contribution in [-0.2, 0) is 6.42 Å². The summed E-state index contributed by atoms with van der Waals surface area (Å²) in [5, 5.41) is 16.1. The molecule has 1 aliphatic carbocycles. The second-order valence-electron chi connectivity index (χ2n) is 5.87. The summed E-state index contributed by atoms with van der Waals surface area (Å²) < 4.78 is 0. The summed E-state index contributed by atoms with van der Waals surface area (Å²) >= 11 is 0. The molecule has 1 saturated carbocycles. The van der Waals surface area contributed by atoms with Crippen LogP contribution in [0.5, 0.6) is 0 Å². The first-order valence-electron chi connectivity index (χ1n) is 7.57. The summed E-state index contributed by atoms with van der Waals surface area (Å²) in [7, 11) is 0. The standard InChI is InChI=1S/C16H22N2O2/c19-15-5-1-3-13(15)10-18-16(20)12-6-7-14-11(9-12)4-2-8-17-14/h6-7,9,13,15,17,19H,1-5,8,10H2,(H,18,20). The van der Waals surface area contributed by atoms with E-state index >= 15 is 0 Å². The van der Waals surface area contributed by atoms with E-state index in [1.165, 1.54) is 5.56 Å². The Hall–Kier alpha value is -1.55. The maximum absolute atomic E-state index is 12.2. The van der Waals surface area contributed by atoms with Gasteiger partial charge in [-0.15, -0.1) is 0 Å². The van der Waals surface area contributed by atoms with Crippen molar-refractivity contribution in [3.8, 4) is 0 Å². The van der Waals surface area contributed by atoms with Gasteiger partial charge in [-0.3, -0.25) is 4.79 Å². The zero-order valence-corrected chi connectivity index (χ0v) is 11.7. The van der Waals surface area contributed by atoms with Gasteiger partial charge in [-0.2, -0.15) is 0 Å². The van der Waals surface area contributed by atoms with Gasteiger partial charge in [0.05, 0.1) is 6.10 Å². The summed E-state index contributed by atoms with van der Waals surface area (Å²) in [5.41, 5.74) is 3.10. The molecule has 1 heterocycles. The Morgan fingerprint density at radius 2 is 2.25 bits per heavy atom. The van der Waals surface area contributed by atoms with Crippen LogP contribution in [0.4, 0.5) is 5.69 Å². The monoisotopic (exact) mass is 274 g/mol. The van der Waals surface area contributed by atoms with Gasteiger partial charge in [0.15, 0.2) is 0 Å². The Kier molecular flexibility index (Phi) is 3.92. The number of fused-ring (bicyclic) bond motifs is 1. The van der Waals surface area contributed by atoms with Crippen molar-refractivity contribution in [3.63, 3.8) is 0 Å². The number of aliphatic hydroxyl groups excluding tert-OH is 1. The fourth-order valence-corrected chi connectivity index (χ4v) is 3.20. The van der Waals surface area contributed by atoms with E-state index in [9.17, 15) is 9.90 Å². The Bertz CT molecular complexity index is 501. The minimum absolute atomic E-state index is 0.0301. The van der Waals surface area contributed by atoms with E-state index in [0.717, 1.165) is 49.9 Å². The average Bonchev–Trinajstić information content (AvgIpc) is 2.89. The lowest BCUT2D eigenvalue weighted by atomic mass is 10.0. The Morgan fingerprint density at radius 1 is 1.35 bits per heavy atom. The van der Waals surface area contributed by atoms with Crippen LogP contribution in [-0.4, -0.2) is 30.2 Å². The number of aliphatic hydroxyl groups is 1. The van der Waals surface area contributed by atoms with Crippen LogP contribution >= 0.6 is 0 Å². The summed E-state index contributed by atoms with van der Waals surface area (Å²) in [6.45, 7) is 1.59. The van der Waals surface area contributed by atoms with E-state index in [2.05, 4.69) is 10.6 Å². The van der Waals surface area contributed by atoms with Crippen LogP contribution in [0.2, 0.25) is 0 Å². The SMILES string of the molecule is O=C(NCC1CCCC1O)c1ccc2c(c1)CCCN2. The summed E-state index contributed by atoms with van der Waals surface area (Å²) in [5.74, 6) is 0.190. The third kappa shape index (κ3) is 2.80. The predicted octanol–water partition coefficient (Wildman–Crippen LogP) is 1.94. The van der Waals surface area contributed by atoms with Crippen LogP contribution in [0.3, 0.4) is 0 Å². The van der Waals surface area contributed by atoms with Gasteiger partial charge in [0.2, 0.25) is 0 Å². The molecule has 3 rings (SSSR count). The molecule has 2 atom stereocenters. The minimum Gasteiger partial charge on any atom is -0.393 e.